The van der Waals surface area contributed by atoms with Gasteiger partial charge in [-0.2, -0.15) is 0 Å². The minimum atomic E-state index is -0.401. The van der Waals surface area contributed by atoms with Crippen LogP contribution in [-0.2, 0) is 0 Å². The van der Waals surface area contributed by atoms with Crippen LogP contribution < -0.4 is 9.47 Å². The van der Waals surface area contributed by atoms with Gasteiger partial charge in [-0.25, -0.2) is 0 Å². The summed E-state index contributed by atoms with van der Waals surface area (Å²) in [6.45, 7) is 4.56. The molecule has 0 saturated carbocycles. The van der Waals surface area contributed by atoms with Crippen molar-refractivity contribution < 1.29 is 14.6 Å². The number of aliphatic hydroxyl groups is 1. The molecule has 0 amide bonds. The lowest BCUT2D eigenvalue weighted by atomic mass is 9.96. The Labute approximate surface area is 126 Å². The molecule has 2 aliphatic heterocycles. The first-order valence-electron chi connectivity index (χ1n) is 7.60. The second kappa shape index (κ2) is 6.22. The van der Waals surface area contributed by atoms with E-state index in [-0.39, 0.29) is 6.04 Å². The molecule has 21 heavy (non-hydrogen) atoms. The third-order valence-corrected chi connectivity index (χ3v) is 4.50. The predicted octanol–water partition coefficient (Wildman–Crippen LogP) is 1.13. The first kappa shape index (κ1) is 14.6. The van der Waals surface area contributed by atoms with Gasteiger partial charge in [0.25, 0.3) is 0 Å². The summed E-state index contributed by atoms with van der Waals surface area (Å²) in [5.41, 5.74) is 1.05. The standard InChI is InChI=1S/C16H24N2O3/c1-17-6-8-18(9-7-17)16-13-11-12(20-2)3-4-15(13)21-10-5-14(16)19/h3-4,11,14,16,19H,5-10H2,1-2H3/t14-,16+/m1/s1. The van der Waals surface area contributed by atoms with Crippen LogP contribution in [0.15, 0.2) is 18.2 Å². The molecule has 0 aliphatic carbocycles. The third kappa shape index (κ3) is 3.00. The van der Waals surface area contributed by atoms with Gasteiger partial charge in [-0.3, -0.25) is 4.90 Å². The molecule has 1 saturated heterocycles. The van der Waals surface area contributed by atoms with Gasteiger partial charge in [0.2, 0.25) is 0 Å². The monoisotopic (exact) mass is 292 g/mol. The van der Waals surface area contributed by atoms with Crippen LogP contribution in [0.3, 0.4) is 0 Å². The number of rotatable bonds is 2. The maximum atomic E-state index is 10.6. The lowest BCUT2D eigenvalue weighted by Gasteiger charge is -2.39. The van der Waals surface area contributed by atoms with E-state index in [0.29, 0.717) is 13.0 Å². The summed E-state index contributed by atoms with van der Waals surface area (Å²) in [6.07, 6.45) is 0.260. The molecule has 1 aromatic carbocycles. The Balaban J connectivity index is 1.93. The van der Waals surface area contributed by atoms with Crippen LogP contribution in [0.4, 0.5) is 0 Å². The van der Waals surface area contributed by atoms with E-state index in [9.17, 15) is 5.11 Å². The van der Waals surface area contributed by atoms with E-state index >= 15 is 0 Å². The van der Waals surface area contributed by atoms with Gasteiger partial charge >= 0.3 is 0 Å². The zero-order valence-corrected chi connectivity index (χ0v) is 12.8. The van der Waals surface area contributed by atoms with Gasteiger partial charge in [0.15, 0.2) is 0 Å². The number of benzene rings is 1. The maximum Gasteiger partial charge on any atom is 0.124 e. The van der Waals surface area contributed by atoms with Crippen LogP contribution in [0.2, 0.25) is 0 Å². The number of hydrogen-bond donors (Lipinski definition) is 1. The Bertz CT molecular complexity index is 486. The Hall–Kier alpha value is -1.30. The number of methoxy groups -OCH3 is 1. The number of piperazine rings is 1. The quantitative estimate of drug-likeness (QED) is 0.885. The van der Waals surface area contributed by atoms with Crippen LogP contribution in [0.25, 0.3) is 0 Å². The minimum Gasteiger partial charge on any atom is -0.497 e. The summed E-state index contributed by atoms with van der Waals surface area (Å²) >= 11 is 0. The van der Waals surface area contributed by atoms with Gasteiger partial charge in [-0.15, -0.1) is 0 Å². The first-order chi connectivity index (χ1) is 10.2. The highest BCUT2D eigenvalue weighted by Gasteiger charge is 2.33. The Kier molecular flexibility index (Phi) is 4.33. The van der Waals surface area contributed by atoms with E-state index in [1.807, 2.05) is 18.2 Å². The summed E-state index contributed by atoms with van der Waals surface area (Å²) in [5.74, 6) is 1.68. The maximum absolute atomic E-state index is 10.6. The van der Waals surface area contributed by atoms with E-state index in [2.05, 4.69) is 16.8 Å². The van der Waals surface area contributed by atoms with Gasteiger partial charge < -0.3 is 19.5 Å². The minimum absolute atomic E-state index is 0.00806. The van der Waals surface area contributed by atoms with Crippen LogP contribution in [0.1, 0.15) is 18.0 Å². The van der Waals surface area contributed by atoms with E-state index < -0.39 is 6.10 Å². The first-order valence-corrected chi connectivity index (χ1v) is 7.60. The van der Waals surface area contributed by atoms with Crippen molar-refractivity contribution in [2.45, 2.75) is 18.6 Å². The van der Waals surface area contributed by atoms with Gasteiger partial charge in [0.1, 0.15) is 11.5 Å². The van der Waals surface area contributed by atoms with Gasteiger partial charge in [0, 0.05) is 38.2 Å². The highest BCUT2D eigenvalue weighted by molar-refractivity contribution is 5.43. The molecule has 5 heteroatoms. The normalized spacial score (nSPS) is 27.6. The number of nitrogens with zero attached hydrogens (tertiary/aromatic N) is 2. The zero-order chi connectivity index (χ0) is 14.8. The molecule has 1 N–H and O–H groups in total. The number of aliphatic hydroxyl groups excluding tert-OH is 1. The molecule has 0 aromatic heterocycles. The van der Waals surface area contributed by atoms with Gasteiger partial charge in [-0.05, 0) is 25.2 Å². The topological polar surface area (TPSA) is 45.2 Å². The molecule has 2 aliphatic rings. The smallest absolute Gasteiger partial charge is 0.124 e. The van der Waals surface area contributed by atoms with E-state index in [4.69, 9.17) is 9.47 Å². The van der Waals surface area contributed by atoms with Crippen molar-refractivity contribution in [3.8, 4) is 11.5 Å². The van der Waals surface area contributed by atoms with Crippen LogP contribution >= 0.6 is 0 Å². The highest BCUT2D eigenvalue weighted by atomic mass is 16.5. The summed E-state index contributed by atoms with van der Waals surface area (Å²) in [5, 5.41) is 10.6. The average molecular weight is 292 g/mol. The molecular formula is C16H24N2O3. The lowest BCUT2D eigenvalue weighted by molar-refractivity contribution is 0.0190. The van der Waals surface area contributed by atoms with E-state index in [1.54, 1.807) is 7.11 Å². The predicted molar refractivity (Wildman–Crippen MR) is 80.9 cm³/mol. The van der Waals surface area contributed by atoms with Crippen molar-refractivity contribution in [3.05, 3.63) is 23.8 Å². The third-order valence-electron chi connectivity index (χ3n) is 4.50. The fraction of sp³-hybridized carbons (Fsp3) is 0.625. The highest BCUT2D eigenvalue weighted by Crippen LogP contribution is 2.38. The second-order valence-electron chi connectivity index (χ2n) is 5.89. The van der Waals surface area contributed by atoms with Crippen LogP contribution in [-0.4, -0.2) is 68.0 Å². The number of hydrogen-bond acceptors (Lipinski definition) is 5. The second-order valence-corrected chi connectivity index (χ2v) is 5.89. The Morgan fingerprint density at radius 1 is 1.24 bits per heavy atom. The summed E-state index contributed by atoms with van der Waals surface area (Å²) in [4.78, 5) is 4.69. The van der Waals surface area contributed by atoms with Crippen LogP contribution in [0.5, 0.6) is 11.5 Å². The van der Waals surface area contributed by atoms with Crippen LogP contribution in [0, 0.1) is 0 Å². The molecule has 0 bridgehead atoms. The molecule has 5 nitrogen and oxygen atoms in total. The molecular weight excluding hydrogens is 268 g/mol. The molecule has 1 aromatic rings. The lowest BCUT2D eigenvalue weighted by Crippen LogP contribution is -2.48. The Morgan fingerprint density at radius 2 is 2.00 bits per heavy atom. The number of ether oxygens (including phenoxy) is 2. The molecule has 3 rings (SSSR count). The number of fused-ring (bicyclic) bond motifs is 1. The average Bonchev–Trinajstić information content (AvgIpc) is 2.66. The summed E-state index contributed by atoms with van der Waals surface area (Å²) in [7, 11) is 3.81. The largest absolute Gasteiger partial charge is 0.497 e. The molecule has 0 radical (unpaired) electrons. The van der Waals surface area contributed by atoms with Crippen molar-refractivity contribution in [2.75, 3.05) is 46.9 Å². The molecule has 2 heterocycles. The van der Waals surface area contributed by atoms with Crippen molar-refractivity contribution in [1.82, 2.24) is 9.80 Å². The fourth-order valence-electron chi connectivity index (χ4n) is 3.21. The van der Waals surface area contributed by atoms with Crippen molar-refractivity contribution >= 4 is 0 Å². The zero-order valence-electron chi connectivity index (χ0n) is 12.8. The van der Waals surface area contributed by atoms with Gasteiger partial charge in [-0.1, -0.05) is 0 Å². The molecule has 0 unspecified atom stereocenters. The summed E-state index contributed by atoms with van der Waals surface area (Å²) < 4.78 is 11.2. The molecule has 0 spiro atoms. The fourth-order valence-corrected chi connectivity index (χ4v) is 3.21. The SMILES string of the molecule is COc1ccc2c(c1)[C@H](N1CCN(C)CC1)[C@H](O)CCO2. The van der Waals surface area contributed by atoms with E-state index in [1.165, 1.54) is 0 Å². The van der Waals surface area contributed by atoms with E-state index in [0.717, 1.165) is 43.2 Å². The summed E-state index contributed by atoms with van der Waals surface area (Å²) in [6, 6.07) is 5.87. The Morgan fingerprint density at radius 3 is 2.71 bits per heavy atom. The molecule has 116 valence electrons. The molecule has 2 atom stereocenters. The van der Waals surface area contributed by atoms with Crippen molar-refractivity contribution in [3.63, 3.8) is 0 Å². The van der Waals surface area contributed by atoms with Gasteiger partial charge in [0.05, 0.1) is 25.9 Å². The molecule has 1 fully saturated rings. The number of likely N-dealkylation sites (N-methyl/N-ethyl adjacent to an activating group) is 1. The van der Waals surface area contributed by atoms with Crippen molar-refractivity contribution in [1.29, 1.82) is 0 Å². The van der Waals surface area contributed by atoms with Crippen molar-refractivity contribution in [2.24, 2.45) is 0 Å².